The minimum Gasteiger partial charge on any atom is -0.444 e. The van der Waals surface area contributed by atoms with Crippen molar-refractivity contribution in [2.24, 2.45) is 0 Å². The molecule has 0 saturated carbocycles. The van der Waals surface area contributed by atoms with E-state index in [1.54, 1.807) is 37.8 Å². The first-order valence-corrected chi connectivity index (χ1v) is 11.6. The molecule has 0 unspecified atom stereocenters. The molecule has 182 valence electrons. The summed E-state index contributed by atoms with van der Waals surface area (Å²) in [5.74, 6) is -0.710. The molecule has 2 aromatic carbocycles. The molecule has 0 radical (unpaired) electrons. The molecule has 0 aromatic heterocycles. The summed E-state index contributed by atoms with van der Waals surface area (Å²) in [6.07, 6.45) is -2.24. The fourth-order valence-electron chi connectivity index (χ4n) is 4.51. The lowest BCUT2D eigenvalue weighted by Crippen LogP contribution is -2.51. The minimum absolute atomic E-state index is 0.0725. The molecule has 4 rings (SSSR count). The number of β-amino-alcohol motifs (C(OH)–C–C–N with tert-alkyl or cyclic N) is 1. The van der Waals surface area contributed by atoms with Crippen molar-refractivity contribution in [1.82, 2.24) is 9.80 Å². The van der Waals surface area contributed by atoms with Crippen LogP contribution in [0.1, 0.15) is 43.5 Å². The zero-order chi connectivity index (χ0) is 24.5. The van der Waals surface area contributed by atoms with Crippen LogP contribution in [-0.2, 0) is 20.7 Å². The molecule has 1 N–H and O–H groups in total. The standard InChI is InChI=1S/C26H31FN2O5/c1-26(2,3)34-25(32)28-14-15-33-23(21(30)16-28)24(31)29-13-12-17-6-4-5-7-20(17)22(29)18-8-10-19(27)11-9-18/h4-11,21-23,30H,12-16H2,1-3H3/t21-,22+,23+/m1/s1. The zero-order valence-electron chi connectivity index (χ0n) is 19.7. The molecule has 1 saturated heterocycles. The van der Waals surface area contributed by atoms with Crippen LogP contribution in [0.4, 0.5) is 9.18 Å². The predicted octanol–water partition coefficient (Wildman–Crippen LogP) is 3.30. The fourth-order valence-corrected chi connectivity index (χ4v) is 4.51. The second kappa shape index (κ2) is 9.72. The van der Waals surface area contributed by atoms with E-state index in [1.807, 2.05) is 24.3 Å². The van der Waals surface area contributed by atoms with Gasteiger partial charge >= 0.3 is 6.09 Å². The molecule has 2 amide bonds. The smallest absolute Gasteiger partial charge is 0.410 e. The van der Waals surface area contributed by atoms with Crippen LogP contribution in [0.3, 0.4) is 0 Å². The van der Waals surface area contributed by atoms with Crippen LogP contribution < -0.4 is 0 Å². The Morgan fingerprint density at radius 1 is 1.09 bits per heavy atom. The summed E-state index contributed by atoms with van der Waals surface area (Å²) >= 11 is 0. The number of benzene rings is 2. The van der Waals surface area contributed by atoms with Gasteiger partial charge in [0.05, 0.1) is 19.2 Å². The second-order valence-corrected chi connectivity index (χ2v) is 9.72. The highest BCUT2D eigenvalue weighted by atomic mass is 19.1. The third-order valence-electron chi connectivity index (χ3n) is 6.06. The van der Waals surface area contributed by atoms with Crippen LogP contribution in [0.25, 0.3) is 0 Å². The minimum atomic E-state index is -1.21. The highest BCUT2D eigenvalue weighted by molar-refractivity contribution is 5.83. The van der Waals surface area contributed by atoms with E-state index in [0.29, 0.717) is 13.0 Å². The second-order valence-electron chi connectivity index (χ2n) is 9.72. The maximum Gasteiger partial charge on any atom is 0.410 e. The molecule has 0 spiro atoms. The molecule has 8 heteroatoms. The van der Waals surface area contributed by atoms with E-state index < -0.39 is 29.9 Å². The van der Waals surface area contributed by atoms with E-state index in [0.717, 1.165) is 16.7 Å². The summed E-state index contributed by atoms with van der Waals surface area (Å²) < 4.78 is 24.8. The van der Waals surface area contributed by atoms with Crippen LogP contribution in [0.5, 0.6) is 0 Å². The number of ether oxygens (including phenoxy) is 2. The number of carbonyl (C=O) groups excluding carboxylic acids is 2. The van der Waals surface area contributed by atoms with Gasteiger partial charge in [0, 0.05) is 13.1 Å². The molecule has 3 atom stereocenters. The first kappa shape index (κ1) is 24.2. The van der Waals surface area contributed by atoms with Gasteiger partial charge in [-0.2, -0.15) is 0 Å². The lowest BCUT2D eigenvalue weighted by molar-refractivity contribution is -0.152. The molecule has 0 bridgehead atoms. The number of hydrogen-bond donors (Lipinski definition) is 1. The number of carbonyl (C=O) groups is 2. The maximum absolute atomic E-state index is 13.7. The molecule has 1 fully saturated rings. The molecule has 7 nitrogen and oxygen atoms in total. The summed E-state index contributed by atoms with van der Waals surface area (Å²) in [4.78, 5) is 29.3. The van der Waals surface area contributed by atoms with Crippen molar-refractivity contribution < 1.29 is 28.6 Å². The van der Waals surface area contributed by atoms with Crippen molar-refractivity contribution in [2.75, 3.05) is 26.2 Å². The highest BCUT2D eigenvalue weighted by Crippen LogP contribution is 2.36. The quantitative estimate of drug-likeness (QED) is 0.729. The van der Waals surface area contributed by atoms with E-state index >= 15 is 0 Å². The lowest BCUT2D eigenvalue weighted by Gasteiger charge is -2.40. The summed E-state index contributed by atoms with van der Waals surface area (Å²) in [6, 6.07) is 13.6. The SMILES string of the molecule is CC(C)(C)OC(=O)N1CCO[C@H](C(=O)N2CCc3ccccc3[C@@H]2c2ccc(F)cc2)[C@H](O)C1. The number of halogens is 1. The average molecular weight is 471 g/mol. The van der Waals surface area contributed by atoms with Gasteiger partial charge < -0.3 is 24.4 Å². The Kier molecular flexibility index (Phi) is 6.91. The number of rotatable bonds is 2. The summed E-state index contributed by atoms with van der Waals surface area (Å²) in [5.41, 5.74) is 2.19. The number of hydrogen-bond acceptors (Lipinski definition) is 5. The van der Waals surface area contributed by atoms with Crippen LogP contribution in [0.15, 0.2) is 48.5 Å². The van der Waals surface area contributed by atoms with Gasteiger partial charge in [0.1, 0.15) is 17.5 Å². The Bertz CT molecular complexity index is 1040. The van der Waals surface area contributed by atoms with E-state index in [-0.39, 0.29) is 31.4 Å². The molecule has 2 aliphatic heterocycles. The normalized spacial score (nSPS) is 23.1. The van der Waals surface area contributed by atoms with Gasteiger partial charge in [-0.25, -0.2) is 9.18 Å². The van der Waals surface area contributed by atoms with E-state index in [2.05, 4.69) is 0 Å². The predicted molar refractivity (Wildman–Crippen MR) is 124 cm³/mol. The molecular weight excluding hydrogens is 439 g/mol. The first-order chi connectivity index (χ1) is 16.1. The van der Waals surface area contributed by atoms with Crippen molar-refractivity contribution in [3.8, 4) is 0 Å². The van der Waals surface area contributed by atoms with Crippen LogP contribution >= 0.6 is 0 Å². The van der Waals surface area contributed by atoms with Crippen molar-refractivity contribution in [1.29, 1.82) is 0 Å². The number of aliphatic hydroxyl groups excluding tert-OH is 1. The molecule has 0 aliphatic carbocycles. The van der Waals surface area contributed by atoms with Gasteiger partial charge in [-0.15, -0.1) is 0 Å². The summed E-state index contributed by atoms with van der Waals surface area (Å²) in [5, 5.41) is 10.9. The van der Waals surface area contributed by atoms with Gasteiger partial charge in [-0.3, -0.25) is 4.79 Å². The largest absolute Gasteiger partial charge is 0.444 e. The van der Waals surface area contributed by atoms with Crippen molar-refractivity contribution >= 4 is 12.0 Å². The molecule has 34 heavy (non-hydrogen) atoms. The summed E-state index contributed by atoms with van der Waals surface area (Å²) in [6.45, 7) is 5.97. The van der Waals surface area contributed by atoms with Crippen molar-refractivity contribution in [3.63, 3.8) is 0 Å². The monoisotopic (exact) mass is 470 g/mol. The first-order valence-electron chi connectivity index (χ1n) is 11.6. The number of amides is 2. The molecule has 2 aromatic rings. The van der Waals surface area contributed by atoms with E-state index in [1.165, 1.54) is 17.0 Å². The topological polar surface area (TPSA) is 79.3 Å². The third-order valence-corrected chi connectivity index (χ3v) is 6.06. The average Bonchev–Trinajstić information content (AvgIpc) is 2.99. The molecule has 2 aliphatic rings. The Morgan fingerprint density at radius 3 is 2.50 bits per heavy atom. The third kappa shape index (κ3) is 5.23. The Labute approximate surface area is 199 Å². The maximum atomic E-state index is 13.7. The number of nitrogens with zero attached hydrogens (tertiary/aromatic N) is 2. The Morgan fingerprint density at radius 2 is 1.79 bits per heavy atom. The van der Waals surface area contributed by atoms with Gasteiger partial charge in [-0.05, 0) is 56.0 Å². The summed E-state index contributed by atoms with van der Waals surface area (Å²) in [7, 11) is 0. The Balaban J connectivity index is 1.58. The lowest BCUT2D eigenvalue weighted by atomic mass is 9.87. The molecular formula is C26H31FN2O5. The van der Waals surface area contributed by atoms with Crippen molar-refractivity contribution in [3.05, 3.63) is 71.0 Å². The van der Waals surface area contributed by atoms with Gasteiger partial charge in [0.15, 0.2) is 6.10 Å². The number of aliphatic hydroxyl groups is 1. The van der Waals surface area contributed by atoms with E-state index in [9.17, 15) is 19.1 Å². The fraction of sp³-hybridized carbons (Fsp3) is 0.462. The molecule has 2 heterocycles. The van der Waals surface area contributed by atoms with Crippen molar-refractivity contribution in [2.45, 2.75) is 51.0 Å². The van der Waals surface area contributed by atoms with Crippen LogP contribution in [0.2, 0.25) is 0 Å². The van der Waals surface area contributed by atoms with Gasteiger partial charge in [-0.1, -0.05) is 36.4 Å². The van der Waals surface area contributed by atoms with Gasteiger partial charge in [0.25, 0.3) is 5.91 Å². The van der Waals surface area contributed by atoms with Crippen LogP contribution in [-0.4, -0.2) is 71.0 Å². The number of fused-ring (bicyclic) bond motifs is 1. The highest BCUT2D eigenvalue weighted by Gasteiger charge is 2.41. The van der Waals surface area contributed by atoms with E-state index in [4.69, 9.17) is 9.47 Å². The Hall–Kier alpha value is -2.97. The van der Waals surface area contributed by atoms with Crippen LogP contribution in [0, 0.1) is 5.82 Å². The van der Waals surface area contributed by atoms with Gasteiger partial charge in [0.2, 0.25) is 0 Å². The zero-order valence-corrected chi connectivity index (χ0v) is 19.7.